The van der Waals surface area contributed by atoms with E-state index in [1.807, 2.05) is 6.07 Å². The van der Waals surface area contributed by atoms with Gasteiger partial charge in [-0.05, 0) is 18.6 Å². The van der Waals surface area contributed by atoms with E-state index < -0.39 is 4.92 Å². The van der Waals surface area contributed by atoms with Crippen LogP contribution in [-0.4, -0.2) is 43.1 Å². The van der Waals surface area contributed by atoms with Crippen LogP contribution in [0.15, 0.2) is 18.2 Å². The number of nitrogens with zero attached hydrogens (tertiary/aromatic N) is 2. The maximum atomic E-state index is 11.0. The molecule has 1 saturated heterocycles. The molecular formula is C13H21Cl2N3O3. The zero-order valence-corrected chi connectivity index (χ0v) is 13.7. The first-order chi connectivity index (χ1) is 9.13. The number of hydrogen-bond acceptors (Lipinski definition) is 5. The first-order valence-corrected chi connectivity index (χ1v) is 6.40. The zero-order valence-electron chi connectivity index (χ0n) is 12.1. The van der Waals surface area contributed by atoms with Gasteiger partial charge in [0.15, 0.2) is 5.75 Å². The van der Waals surface area contributed by atoms with Crippen molar-refractivity contribution in [2.75, 3.05) is 33.3 Å². The molecule has 0 amide bonds. The van der Waals surface area contributed by atoms with Crippen molar-refractivity contribution in [1.82, 2.24) is 10.2 Å². The molecule has 0 bridgehead atoms. The van der Waals surface area contributed by atoms with Crippen LogP contribution in [0.4, 0.5) is 5.69 Å². The Kier molecular flexibility index (Phi) is 8.58. The molecular weight excluding hydrogens is 317 g/mol. The van der Waals surface area contributed by atoms with Crippen molar-refractivity contribution in [3.63, 3.8) is 0 Å². The molecule has 1 aromatic carbocycles. The van der Waals surface area contributed by atoms with Gasteiger partial charge >= 0.3 is 5.69 Å². The molecule has 1 N–H and O–H groups in total. The first-order valence-electron chi connectivity index (χ1n) is 6.40. The van der Waals surface area contributed by atoms with E-state index in [2.05, 4.69) is 17.1 Å². The number of piperazine rings is 1. The minimum absolute atomic E-state index is 0. The SMILES string of the molecule is COc1ccc([C@H](C)N2CCNCC2)cc1[N+](=O)[O-].Cl.Cl. The minimum Gasteiger partial charge on any atom is -0.490 e. The standard InChI is InChI=1S/C13H19N3O3.2ClH/c1-10(15-7-5-14-6-8-15)11-3-4-13(19-2)12(9-11)16(17)18;;/h3-4,9-10,14H,5-8H2,1-2H3;2*1H/t10-;;/m0../s1. The van der Waals surface area contributed by atoms with E-state index in [0.29, 0.717) is 5.75 Å². The highest BCUT2D eigenvalue weighted by Gasteiger charge is 2.22. The van der Waals surface area contributed by atoms with E-state index in [-0.39, 0.29) is 36.5 Å². The summed E-state index contributed by atoms with van der Waals surface area (Å²) in [6.45, 7) is 5.92. The van der Waals surface area contributed by atoms with Crippen LogP contribution in [0.1, 0.15) is 18.5 Å². The molecule has 1 aliphatic rings. The lowest BCUT2D eigenvalue weighted by Crippen LogP contribution is -2.44. The zero-order chi connectivity index (χ0) is 13.8. The molecule has 21 heavy (non-hydrogen) atoms. The topological polar surface area (TPSA) is 67.6 Å². The molecule has 120 valence electrons. The Balaban J connectivity index is 0.00000200. The van der Waals surface area contributed by atoms with Gasteiger partial charge in [-0.3, -0.25) is 15.0 Å². The summed E-state index contributed by atoms with van der Waals surface area (Å²) >= 11 is 0. The van der Waals surface area contributed by atoms with Gasteiger partial charge in [-0.15, -0.1) is 24.8 Å². The molecule has 0 aromatic heterocycles. The maximum absolute atomic E-state index is 11.0. The fraction of sp³-hybridized carbons (Fsp3) is 0.538. The molecule has 1 fully saturated rings. The number of nitro benzene ring substituents is 1. The van der Waals surface area contributed by atoms with Gasteiger partial charge in [0.05, 0.1) is 12.0 Å². The van der Waals surface area contributed by atoms with E-state index in [0.717, 1.165) is 31.7 Å². The summed E-state index contributed by atoms with van der Waals surface area (Å²) in [5.41, 5.74) is 0.983. The smallest absolute Gasteiger partial charge is 0.311 e. The molecule has 6 nitrogen and oxygen atoms in total. The molecule has 0 aliphatic carbocycles. The van der Waals surface area contributed by atoms with Crippen molar-refractivity contribution >= 4 is 30.5 Å². The van der Waals surface area contributed by atoms with Crippen LogP contribution in [0, 0.1) is 10.1 Å². The van der Waals surface area contributed by atoms with E-state index in [1.165, 1.54) is 7.11 Å². The predicted molar refractivity (Wildman–Crippen MR) is 87.0 cm³/mol. The minimum atomic E-state index is -0.396. The number of hydrogen-bond donors (Lipinski definition) is 1. The third kappa shape index (κ3) is 4.71. The van der Waals surface area contributed by atoms with E-state index in [4.69, 9.17) is 4.74 Å². The first kappa shape index (κ1) is 19.9. The van der Waals surface area contributed by atoms with E-state index >= 15 is 0 Å². The summed E-state index contributed by atoms with van der Waals surface area (Å²) in [6, 6.07) is 5.36. The van der Waals surface area contributed by atoms with Crippen LogP contribution in [0.2, 0.25) is 0 Å². The Morgan fingerprint density at radius 1 is 1.33 bits per heavy atom. The van der Waals surface area contributed by atoms with Crippen molar-refractivity contribution in [3.05, 3.63) is 33.9 Å². The third-order valence-corrected chi connectivity index (χ3v) is 3.58. The number of nitro groups is 1. The van der Waals surface area contributed by atoms with Gasteiger partial charge in [0, 0.05) is 38.3 Å². The lowest BCUT2D eigenvalue weighted by atomic mass is 10.0. The van der Waals surface area contributed by atoms with E-state index in [1.54, 1.807) is 12.1 Å². The summed E-state index contributed by atoms with van der Waals surface area (Å²) in [7, 11) is 1.45. The number of benzene rings is 1. The molecule has 0 unspecified atom stereocenters. The van der Waals surface area contributed by atoms with Crippen molar-refractivity contribution < 1.29 is 9.66 Å². The van der Waals surface area contributed by atoms with E-state index in [9.17, 15) is 10.1 Å². The highest BCUT2D eigenvalue weighted by atomic mass is 35.5. The van der Waals surface area contributed by atoms with Crippen molar-refractivity contribution in [2.24, 2.45) is 0 Å². The summed E-state index contributed by atoms with van der Waals surface area (Å²) in [4.78, 5) is 13.0. The molecule has 0 spiro atoms. The quantitative estimate of drug-likeness (QED) is 0.675. The second kappa shape index (κ2) is 9.04. The summed E-state index contributed by atoms with van der Waals surface area (Å²) in [5, 5.41) is 14.3. The highest BCUT2D eigenvalue weighted by molar-refractivity contribution is 5.85. The van der Waals surface area contributed by atoms with Crippen LogP contribution >= 0.6 is 24.8 Å². The van der Waals surface area contributed by atoms with Gasteiger partial charge in [0.1, 0.15) is 0 Å². The number of halogens is 2. The summed E-state index contributed by atoms with van der Waals surface area (Å²) < 4.78 is 5.02. The molecule has 1 aliphatic heterocycles. The molecule has 0 saturated carbocycles. The Morgan fingerprint density at radius 3 is 2.48 bits per heavy atom. The normalized spacial score (nSPS) is 16.3. The van der Waals surface area contributed by atoms with Gasteiger partial charge in [-0.1, -0.05) is 6.07 Å². The number of methoxy groups -OCH3 is 1. The monoisotopic (exact) mass is 337 g/mol. The molecule has 8 heteroatoms. The number of nitrogens with one attached hydrogen (secondary N) is 1. The van der Waals surface area contributed by atoms with Crippen LogP contribution in [-0.2, 0) is 0 Å². The Hall–Kier alpha value is -1.08. The lowest BCUT2D eigenvalue weighted by molar-refractivity contribution is -0.385. The average molecular weight is 338 g/mol. The van der Waals surface area contributed by atoms with Crippen molar-refractivity contribution in [2.45, 2.75) is 13.0 Å². The van der Waals surface area contributed by atoms with Gasteiger partial charge in [-0.2, -0.15) is 0 Å². The summed E-state index contributed by atoms with van der Waals surface area (Å²) in [6.07, 6.45) is 0. The van der Waals surface area contributed by atoms with Crippen LogP contribution < -0.4 is 10.1 Å². The second-order valence-electron chi connectivity index (χ2n) is 4.65. The number of ether oxygens (including phenoxy) is 1. The lowest BCUT2D eigenvalue weighted by Gasteiger charge is -2.33. The summed E-state index contributed by atoms with van der Waals surface area (Å²) in [5.74, 6) is 0.307. The van der Waals surface area contributed by atoms with Crippen LogP contribution in [0.3, 0.4) is 0 Å². The fourth-order valence-electron chi connectivity index (χ4n) is 2.39. The van der Waals surface area contributed by atoms with Gasteiger partial charge < -0.3 is 10.1 Å². The van der Waals surface area contributed by atoms with Gasteiger partial charge in [0.25, 0.3) is 0 Å². The maximum Gasteiger partial charge on any atom is 0.311 e. The Bertz CT molecular complexity index is 468. The Labute approximate surface area is 136 Å². The Morgan fingerprint density at radius 2 is 1.95 bits per heavy atom. The largest absolute Gasteiger partial charge is 0.490 e. The number of rotatable bonds is 4. The molecule has 0 radical (unpaired) electrons. The molecule has 1 aromatic rings. The van der Waals surface area contributed by atoms with Crippen LogP contribution in [0.5, 0.6) is 5.75 Å². The molecule has 2 rings (SSSR count). The van der Waals surface area contributed by atoms with Crippen molar-refractivity contribution in [1.29, 1.82) is 0 Å². The fourth-order valence-corrected chi connectivity index (χ4v) is 2.39. The highest BCUT2D eigenvalue weighted by Crippen LogP contribution is 2.31. The van der Waals surface area contributed by atoms with Gasteiger partial charge in [0.2, 0.25) is 0 Å². The average Bonchev–Trinajstić information content (AvgIpc) is 2.46. The molecule has 1 heterocycles. The second-order valence-corrected chi connectivity index (χ2v) is 4.65. The third-order valence-electron chi connectivity index (χ3n) is 3.58. The van der Waals surface area contributed by atoms with Gasteiger partial charge in [-0.25, -0.2) is 0 Å². The van der Waals surface area contributed by atoms with Crippen molar-refractivity contribution in [3.8, 4) is 5.75 Å². The van der Waals surface area contributed by atoms with Crippen LogP contribution in [0.25, 0.3) is 0 Å². The predicted octanol–water partition coefficient (Wildman–Crippen LogP) is 2.41. The molecule has 1 atom stereocenters.